The molecule has 2 aromatic rings. The lowest BCUT2D eigenvalue weighted by Crippen LogP contribution is -2.74. The van der Waals surface area contributed by atoms with Gasteiger partial charge in [-0.15, -0.1) is 0 Å². The minimum Gasteiger partial charge on any atom is -0.508 e. The van der Waals surface area contributed by atoms with E-state index in [1.54, 1.807) is 43.9 Å². The van der Waals surface area contributed by atoms with Gasteiger partial charge in [-0.2, -0.15) is 0 Å². The molecule has 3 aliphatic rings. The second-order valence-corrected chi connectivity index (χ2v) is 19.0. The van der Waals surface area contributed by atoms with E-state index >= 15 is 0 Å². The molecular formula is C49H72N2O11. The van der Waals surface area contributed by atoms with Crippen molar-refractivity contribution in [3.63, 3.8) is 0 Å². The van der Waals surface area contributed by atoms with Gasteiger partial charge in [0, 0.05) is 60.7 Å². The first-order chi connectivity index (χ1) is 29.4. The highest BCUT2D eigenvalue weighted by atomic mass is 16.6. The van der Waals surface area contributed by atoms with Crippen LogP contribution >= 0.6 is 0 Å². The van der Waals surface area contributed by atoms with Crippen LogP contribution in [0, 0.1) is 23.2 Å². The summed E-state index contributed by atoms with van der Waals surface area (Å²) in [5.41, 5.74) is -6.15. The quantitative estimate of drug-likeness (QED) is 0.0412. The molecule has 0 spiro atoms. The molecule has 3 aliphatic carbocycles. The van der Waals surface area contributed by atoms with E-state index in [1.807, 2.05) is 13.8 Å². The van der Waals surface area contributed by atoms with Gasteiger partial charge in [0.1, 0.15) is 28.1 Å². The molecule has 0 aliphatic heterocycles. The van der Waals surface area contributed by atoms with Gasteiger partial charge in [-0.3, -0.25) is 9.59 Å². The van der Waals surface area contributed by atoms with Crippen molar-refractivity contribution in [2.24, 2.45) is 23.2 Å². The summed E-state index contributed by atoms with van der Waals surface area (Å²) >= 11 is 0. The Morgan fingerprint density at radius 3 is 2.08 bits per heavy atom. The van der Waals surface area contributed by atoms with Gasteiger partial charge in [-0.05, 0) is 62.5 Å². The molecule has 1 aromatic heterocycles. The number of hydrogen-bond donors (Lipinski definition) is 6. The Morgan fingerprint density at radius 2 is 1.47 bits per heavy atom. The van der Waals surface area contributed by atoms with Crippen molar-refractivity contribution in [2.75, 3.05) is 26.2 Å². The zero-order valence-corrected chi connectivity index (χ0v) is 37.8. The first-order valence-corrected chi connectivity index (χ1v) is 23.1. The molecule has 0 bridgehead atoms. The number of carbonyl (C=O) groups is 3. The predicted octanol–water partition coefficient (Wildman–Crippen LogP) is 7.49. The number of Topliss-reactive ketones (excluding diaryl/α,β-unsaturated/α-hetero) is 1. The number of benzene rings is 1. The number of aliphatic hydroxyl groups excluding tert-OH is 2. The summed E-state index contributed by atoms with van der Waals surface area (Å²) in [6, 6.07) is 5.89. The fourth-order valence-corrected chi connectivity index (χ4v) is 10.4. The van der Waals surface area contributed by atoms with E-state index in [9.17, 15) is 44.7 Å². The van der Waals surface area contributed by atoms with Crippen LogP contribution in [0.5, 0.6) is 5.75 Å². The number of rotatable bonds is 21. The maximum absolute atomic E-state index is 14.2. The van der Waals surface area contributed by atoms with Gasteiger partial charge in [0.15, 0.2) is 5.78 Å². The molecule has 13 nitrogen and oxygen atoms in total. The summed E-state index contributed by atoms with van der Waals surface area (Å²) in [5.74, 6) is -3.73. The van der Waals surface area contributed by atoms with Crippen LogP contribution in [0.1, 0.15) is 148 Å². The fourth-order valence-electron chi connectivity index (χ4n) is 10.4. The number of ketones is 1. The van der Waals surface area contributed by atoms with Gasteiger partial charge < -0.3 is 44.9 Å². The van der Waals surface area contributed by atoms with Gasteiger partial charge in [0.25, 0.3) is 5.91 Å². The van der Waals surface area contributed by atoms with Crippen LogP contribution in [-0.2, 0) is 9.53 Å². The van der Waals surface area contributed by atoms with E-state index in [-0.39, 0.29) is 23.3 Å². The Bertz CT molecular complexity index is 2020. The molecule has 1 fully saturated rings. The Labute approximate surface area is 366 Å². The lowest BCUT2D eigenvalue weighted by molar-refractivity contribution is -0.280. The molecule has 0 saturated heterocycles. The maximum Gasteiger partial charge on any atom is 0.410 e. The molecule has 1 saturated carbocycles. The minimum absolute atomic E-state index is 0.0201. The summed E-state index contributed by atoms with van der Waals surface area (Å²) in [7, 11) is 0. The third kappa shape index (κ3) is 10.0. The third-order valence-corrected chi connectivity index (χ3v) is 14.5. The zero-order valence-electron chi connectivity index (χ0n) is 37.8. The van der Waals surface area contributed by atoms with Crippen LogP contribution in [0.2, 0.25) is 0 Å². The first-order valence-electron chi connectivity index (χ1n) is 23.1. The number of aromatic hydroxyl groups is 1. The van der Waals surface area contributed by atoms with Gasteiger partial charge >= 0.3 is 11.7 Å². The molecule has 5 rings (SSSR count). The van der Waals surface area contributed by atoms with Crippen molar-refractivity contribution in [3.8, 4) is 5.75 Å². The number of carbonyl (C=O) groups excluding carboxylic acids is 3. The van der Waals surface area contributed by atoms with Crippen molar-refractivity contribution in [1.82, 2.24) is 10.2 Å². The highest BCUT2D eigenvalue weighted by Gasteiger charge is 2.73. The summed E-state index contributed by atoms with van der Waals surface area (Å²) < 4.78 is 11.6. The maximum atomic E-state index is 14.2. The summed E-state index contributed by atoms with van der Waals surface area (Å²) in [4.78, 5) is 54.2. The van der Waals surface area contributed by atoms with Crippen LogP contribution in [0.4, 0.5) is 4.79 Å². The van der Waals surface area contributed by atoms with Crippen LogP contribution in [0.3, 0.4) is 0 Å². The van der Waals surface area contributed by atoms with Gasteiger partial charge in [0.05, 0.1) is 18.3 Å². The molecule has 1 aromatic carbocycles. The third-order valence-electron chi connectivity index (χ3n) is 14.5. The van der Waals surface area contributed by atoms with E-state index < -0.39 is 76.1 Å². The number of fused-ring (bicyclic) bond motifs is 4. The van der Waals surface area contributed by atoms with Crippen molar-refractivity contribution >= 4 is 28.8 Å². The Morgan fingerprint density at radius 1 is 0.871 bits per heavy atom. The second kappa shape index (κ2) is 20.6. The molecule has 13 heteroatoms. The molecule has 6 N–H and O–H groups in total. The summed E-state index contributed by atoms with van der Waals surface area (Å²) in [5, 5.41) is 60.0. The number of amides is 2. The van der Waals surface area contributed by atoms with Crippen LogP contribution in [0.15, 0.2) is 56.8 Å². The summed E-state index contributed by atoms with van der Waals surface area (Å²) in [6.45, 7) is 11.9. The van der Waals surface area contributed by atoms with Crippen LogP contribution in [0.25, 0.3) is 11.0 Å². The SMILES string of the molecule is CCCCCCN(CCCCCCCCCCCCNC(=O)c1cc2ccc(O)cc2oc1=O)C(=O)O[C@]1(C)[C@H](O)[C@@H](C)[C@@]2(O)[C@@H](C=C(CO)C[C@]3(O)C(=O)C(C)=C[C@@H]23)C1(C)C. The second-order valence-electron chi connectivity index (χ2n) is 19.0. The summed E-state index contributed by atoms with van der Waals surface area (Å²) in [6.07, 6.45) is 15.3. The molecule has 1 heterocycles. The van der Waals surface area contributed by atoms with E-state index in [1.165, 1.54) is 18.2 Å². The normalized spacial score (nSPS) is 27.8. The number of phenols is 1. The predicted molar refractivity (Wildman–Crippen MR) is 238 cm³/mol. The molecule has 2 amide bonds. The van der Waals surface area contributed by atoms with E-state index in [2.05, 4.69) is 12.2 Å². The first kappa shape index (κ1) is 49.0. The van der Waals surface area contributed by atoms with Crippen LogP contribution in [-0.4, -0.2) is 97.4 Å². The average molecular weight is 865 g/mol. The topological polar surface area (TPSA) is 207 Å². The Kier molecular flexibility index (Phi) is 16.3. The Hall–Kier alpha value is -4.04. The van der Waals surface area contributed by atoms with Crippen molar-refractivity contribution in [2.45, 2.75) is 161 Å². The minimum atomic E-state index is -1.97. The van der Waals surface area contributed by atoms with E-state index in [0.717, 1.165) is 89.9 Å². The van der Waals surface area contributed by atoms with Crippen molar-refractivity contribution in [3.05, 3.63) is 63.5 Å². The lowest BCUT2D eigenvalue weighted by atomic mass is 9.47. The fraction of sp³-hybridized carbons (Fsp3) is 0.673. The number of phenolic OH excluding ortho intramolecular Hbond substituents is 1. The largest absolute Gasteiger partial charge is 0.508 e. The molecule has 7 atom stereocenters. The highest BCUT2D eigenvalue weighted by molar-refractivity contribution is 6.05. The number of ether oxygens (including phenoxy) is 1. The van der Waals surface area contributed by atoms with Crippen molar-refractivity contribution in [1.29, 1.82) is 0 Å². The number of nitrogens with one attached hydrogen (secondary N) is 1. The molecule has 0 radical (unpaired) electrons. The molecule has 344 valence electrons. The highest BCUT2D eigenvalue weighted by Crippen LogP contribution is 2.63. The number of hydrogen-bond acceptors (Lipinski definition) is 11. The van der Waals surface area contributed by atoms with E-state index in [4.69, 9.17) is 9.15 Å². The average Bonchev–Trinajstić information content (AvgIpc) is 3.39. The lowest BCUT2D eigenvalue weighted by Gasteiger charge is -2.63. The van der Waals surface area contributed by atoms with Crippen LogP contribution < -0.4 is 10.9 Å². The van der Waals surface area contributed by atoms with Gasteiger partial charge in [-0.1, -0.05) is 110 Å². The number of aliphatic hydroxyl groups is 4. The number of nitrogens with zero attached hydrogens (tertiary/aromatic N) is 1. The molecule has 62 heavy (non-hydrogen) atoms. The smallest absolute Gasteiger partial charge is 0.410 e. The van der Waals surface area contributed by atoms with Gasteiger partial charge in [-0.25, -0.2) is 9.59 Å². The van der Waals surface area contributed by atoms with Crippen molar-refractivity contribution < 1.29 is 49.1 Å². The number of unbranched alkanes of at least 4 members (excludes halogenated alkanes) is 12. The standard InChI is InChI=1S/C49H72N2O11/c1-7-8-9-19-24-51(25-20-17-15-13-11-10-12-14-16-18-23-50-43(56)37-28-35-21-22-36(53)29-38(35)61-44(37)57)45(58)62-47(6)42(55)33(3)49(60)39(46(47,4)5)27-34(31-52)30-48(59)40(49)26-32(2)41(48)54/h21-22,26-29,33,39-40,42,52-53,55,59-60H,7-20,23-25,30-31H2,1-6H3,(H,50,56)/t33-,39+,40-,42-,47-,48-,49-/m1/s1. The Balaban J connectivity index is 1.07. The zero-order chi connectivity index (χ0) is 45.5. The van der Waals surface area contributed by atoms with Gasteiger partial charge in [0.2, 0.25) is 0 Å². The van der Waals surface area contributed by atoms with E-state index in [0.29, 0.717) is 36.2 Å². The monoisotopic (exact) mass is 865 g/mol. The molecule has 0 unspecified atom stereocenters. The molecular weight excluding hydrogens is 793 g/mol.